The number of methoxy groups -OCH3 is 1. The van der Waals surface area contributed by atoms with Crippen molar-refractivity contribution in [1.29, 1.82) is 0 Å². The maximum atomic E-state index is 13.8. The van der Waals surface area contributed by atoms with Gasteiger partial charge in [0.2, 0.25) is 0 Å². The summed E-state index contributed by atoms with van der Waals surface area (Å²) in [6.07, 6.45) is 1.37. The maximum Gasteiger partial charge on any atom is 0.339 e. The van der Waals surface area contributed by atoms with Gasteiger partial charge >= 0.3 is 5.97 Å². The lowest BCUT2D eigenvalue weighted by molar-refractivity contribution is 0.0602. The molecular formula is C20H15F2N3O3. The SMILES string of the molecule is COC(=O)c1ccccc1NC(=O)c1ccnc(Nc2ccc(F)cc2F)c1. The van der Waals surface area contributed by atoms with Gasteiger partial charge in [0.25, 0.3) is 5.91 Å². The number of hydrogen-bond donors (Lipinski definition) is 2. The minimum atomic E-state index is -0.788. The highest BCUT2D eigenvalue weighted by Gasteiger charge is 2.15. The molecule has 3 rings (SSSR count). The number of hydrogen-bond acceptors (Lipinski definition) is 5. The number of benzene rings is 2. The Morgan fingerprint density at radius 2 is 1.79 bits per heavy atom. The van der Waals surface area contributed by atoms with Crippen LogP contribution in [0.4, 0.5) is 26.0 Å². The monoisotopic (exact) mass is 383 g/mol. The number of carbonyl (C=O) groups is 2. The third-order valence-electron chi connectivity index (χ3n) is 3.80. The van der Waals surface area contributed by atoms with E-state index in [4.69, 9.17) is 4.74 Å². The standard InChI is InChI=1S/C20H15F2N3O3/c1-28-20(27)14-4-2-3-5-16(14)25-19(26)12-8-9-23-18(10-12)24-17-7-6-13(21)11-15(17)22/h2-11H,1H3,(H,23,24)(H,25,26). The van der Waals surface area contributed by atoms with E-state index >= 15 is 0 Å². The van der Waals surface area contributed by atoms with Crippen LogP contribution in [-0.4, -0.2) is 24.0 Å². The molecule has 0 aliphatic carbocycles. The molecule has 0 spiro atoms. The van der Waals surface area contributed by atoms with Crippen molar-refractivity contribution in [3.63, 3.8) is 0 Å². The van der Waals surface area contributed by atoms with Crippen LogP contribution >= 0.6 is 0 Å². The van der Waals surface area contributed by atoms with Crippen molar-refractivity contribution in [3.05, 3.63) is 83.6 Å². The Kier molecular flexibility index (Phi) is 5.59. The average Bonchev–Trinajstić information content (AvgIpc) is 2.70. The fourth-order valence-corrected chi connectivity index (χ4v) is 2.44. The number of anilines is 3. The Labute approximate surface area is 159 Å². The molecule has 0 radical (unpaired) electrons. The Hall–Kier alpha value is -3.81. The molecule has 2 aromatic carbocycles. The van der Waals surface area contributed by atoms with E-state index in [9.17, 15) is 18.4 Å². The second kappa shape index (κ2) is 8.26. The van der Waals surface area contributed by atoms with Gasteiger partial charge in [-0.1, -0.05) is 12.1 Å². The predicted octanol–water partition coefficient (Wildman–Crippen LogP) is 4.14. The molecule has 6 nitrogen and oxygen atoms in total. The summed E-state index contributed by atoms with van der Waals surface area (Å²) in [4.78, 5) is 28.4. The van der Waals surface area contributed by atoms with Crippen molar-refractivity contribution in [2.45, 2.75) is 0 Å². The first-order valence-electron chi connectivity index (χ1n) is 8.15. The van der Waals surface area contributed by atoms with E-state index in [1.165, 1.54) is 37.6 Å². The van der Waals surface area contributed by atoms with E-state index in [2.05, 4.69) is 15.6 Å². The number of nitrogens with one attached hydrogen (secondary N) is 2. The molecule has 0 saturated carbocycles. The number of carbonyl (C=O) groups excluding carboxylic acids is 2. The third-order valence-corrected chi connectivity index (χ3v) is 3.80. The normalized spacial score (nSPS) is 10.2. The van der Waals surface area contributed by atoms with Crippen molar-refractivity contribution in [2.75, 3.05) is 17.7 Å². The Bertz CT molecular complexity index is 1040. The second-order valence-corrected chi connectivity index (χ2v) is 5.67. The van der Waals surface area contributed by atoms with Gasteiger partial charge in [-0.15, -0.1) is 0 Å². The Balaban J connectivity index is 1.81. The molecule has 3 aromatic rings. The molecule has 142 valence electrons. The van der Waals surface area contributed by atoms with Crippen molar-refractivity contribution >= 4 is 29.1 Å². The largest absolute Gasteiger partial charge is 0.465 e. The minimum Gasteiger partial charge on any atom is -0.465 e. The molecule has 0 bridgehead atoms. The van der Waals surface area contributed by atoms with E-state index in [1.807, 2.05) is 0 Å². The number of ether oxygens (including phenoxy) is 1. The van der Waals surface area contributed by atoms with Crippen LogP contribution in [0.1, 0.15) is 20.7 Å². The first-order chi connectivity index (χ1) is 13.5. The van der Waals surface area contributed by atoms with Gasteiger partial charge in [-0.05, 0) is 36.4 Å². The van der Waals surface area contributed by atoms with E-state index in [0.29, 0.717) is 0 Å². The Morgan fingerprint density at radius 3 is 2.54 bits per heavy atom. The van der Waals surface area contributed by atoms with E-state index < -0.39 is 23.5 Å². The van der Waals surface area contributed by atoms with Gasteiger partial charge in [-0.2, -0.15) is 0 Å². The summed E-state index contributed by atoms with van der Waals surface area (Å²) < 4.78 is 31.5. The molecule has 1 amide bonds. The zero-order valence-electron chi connectivity index (χ0n) is 14.7. The summed E-state index contributed by atoms with van der Waals surface area (Å²) in [5, 5.41) is 5.32. The first-order valence-corrected chi connectivity index (χ1v) is 8.15. The van der Waals surface area contributed by atoms with Gasteiger partial charge in [0, 0.05) is 17.8 Å². The molecule has 0 fully saturated rings. The predicted molar refractivity (Wildman–Crippen MR) is 99.6 cm³/mol. The third kappa shape index (κ3) is 4.29. The summed E-state index contributed by atoms with van der Waals surface area (Å²) in [5.74, 6) is -2.38. The lowest BCUT2D eigenvalue weighted by Gasteiger charge is -2.11. The second-order valence-electron chi connectivity index (χ2n) is 5.67. The summed E-state index contributed by atoms with van der Waals surface area (Å²) in [5.41, 5.74) is 0.733. The van der Waals surface area contributed by atoms with Gasteiger partial charge in [0.05, 0.1) is 24.0 Å². The molecule has 0 unspecified atom stereocenters. The summed E-state index contributed by atoms with van der Waals surface area (Å²) >= 11 is 0. The molecule has 8 heteroatoms. The number of para-hydroxylation sites is 1. The molecule has 2 N–H and O–H groups in total. The van der Waals surface area contributed by atoms with Crippen LogP contribution < -0.4 is 10.6 Å². The lowest BCUT2D eigenvalue weighted by Crippen LogP contribution is -2.15. The zero-order chi connectivity index (χ0) is 20.1. The van der Waals surface area contributed by atoms with E-state index in [0.717, 1.165) is 12.1 Å². The number of pyridine rings is 1. The topological polar surface area (TPSA) is 80.3 Å². The fourth-order valence-electron chi connectivity index (χ4n) is 2.44. The van der Waals surface area contributed by atoms with Gasteiger partial charge in [-0.25, -0.2) is 18.6 Å². The van der Waals surface area contributed by atoms with Gasteiger partial charge in [0.1, 0.15) is 17.5 Å². The molecule has 0 aliphatic rings. The quantitative estimate of drug-likeness (QED) is 0.647. The van der Waals surface area contributed by atoms with Crippen LogP contribution in [0.2, 0.25) is 0 Å². The van der Waals surface area contributed by atoms with Crippen LogP contribution in [-0.2, 0) is 4.74 Å². The van der Waals surface area contributed by atoms with Crippen molar-refractivity contribution in [1.82, 2.24) is 4.98 Å². The van der Waals surface area contributed by atoms with Gasteiger partial charge < -0.3 is 15.4 Å². The summed E-state index contributed by atoms with van der Waals surface area (Å²) in [6.45, 7) is 0. The first kappa shape index (κ1) is 19.0. The minimum absolute atomic E-state index is 0.0162. The number of esters is 1. The number of nitrogens with zero attached hydrogens (tertiary/aromatic N) is 1. The summed E-state index contributed by atoms with van der Waals surface area (Å²) in [7, 11) is 1.25. The van der Waals surface area contributed by atoms with Crippen LogP contribution in [0.25, 0.3) is 0 Å². The average molecular weight is 383 g/mol. The van der Waals surface area contributed by atoms with Crippen molar-refractivity contribution in [3.8, 4) is 0 Å². The molecule has 1 heterocycles. The fraction of sp³-hybridized carbons (Fsp3) is 0.0500. The molecule has 0 saturated heterocycles. The number of halogens is 2. The molecule has 1 aromatic heterocycles. The van der Waals surface area contributed by atoms with Crippen LogP contribution in [0.3, 0.4) is 0 Å². The van der Waals surface area contributed by atoms with E-state index in [1.54, 1.807) is 18.2 Å². The van der Waals surface area contributed by atoms with Crippen LogP contribution in [0.15, 0.2) is 60.8 Å². The van der Waals surface area contributed by atoms with Gasteiger partial charge in [-0.3, -0.25) is 4.79 Å². The van der Waals surface area contributed by atoms with Gasteiger partial charge in [0.15, 0.2) is 0 Å². The zero-order valence-corrected chi connectivity index (χ0v) is 14.7. The summed E-state index contributed by atoms with van der Waals surface area (Å²) in [6, 6.07) is 12.3. The number of aromatic nitrogens is 1. The Morgan fingerprint density at radius 1 is 1.00 bits per heavy atom. The highest BCUT2D eigenvalue weighted by molar-refractivity contribution is 6.08. The highest BCUT2D eigenvalue weighted by Crippen LogP contribution is 2.21. The van der Waals surface area contributed by atoms with E-state index in [-0.39, 0.29) is 28.3 Å². The van der Waals surface area contributed by atoms with Crippen molar-refractivity contribution in [2.24, 2.45) is 0 Å². The number of amides is 1. The molecular weight excluding hydrogens is 368 g/mol. The van der Waals surface area contributed by atoms with Crippen LogP contribution in [0.5, 0.6) is 0 Å². The van der Waals surface area contributed by atoms with Crippen LogP contribution in [0, 0.1) is 11.6 Å². The highest BCUT2D eigenvalue weighted by atomic mass is 19.1. The number of rotatable bonds is 5. The molecule has 0 aliphatic heterocycles. The maximum absolute atomic E-state index is 13.8. The lowest BCUT2D eigenvalue weighted by atomic mass is 10.1. The van der Waals surface area contributed by atoms with Crippen molar-refractivity contribution < 1.29 is 23.1 Å². The molecule has 28 heavy (non-hydrogen) atoms. The molecule has 0 atom stereocenters. The smallest absolute Gasteiger partial charge is 0.339 e.